The lowest BCUT2D eigenvalue weighted by molar-refractivity contribution is 0.405. The third-order valence-electron chi connectivity index (χ3n) is 6.27. The molecule has 2 rings (SSSR count). The predicted molar refractivity (Wildman–Crippen MR) is 139 cm³/mol. The van der Waals surface area contributed by atoms with E-state index < -0.39 is 15.4 Å². The van der Waals surface area contributed by atoms with Crippen molar-refractivity contribution in [1.29, 1.82) is 0 Å². The monoisotopic (exact) mass is 500 g/mol. The van der Waals surface area contributed by atoms with Gasteiger partial charge in [-0.3, -0.25) is 9.36 Å². The second-order valence-corrected chi connectivity index (χ2v) is 10.9. The molecule has 0 fully saturated rings. The van der Waals surface area contributed by atoms with E-state index in [1.54, 1.807) is 19.1 Å². The van der Waals surface area contributed by atoms with Gasteiger partial charge in [0.2, 0.25) is 5.69 Å². The normalized spacial score (nSPS) is 12.7. The summed E-state index contributed by atoms with van der Waals surface area (Å²) in [6.07, 6.45) is 6.37. The Morgan fingerprint density at radius 3 is 2.29 bits per heavy atom. The molecule has 0 saturated carbocycles. The number of nitrogens with zero attached hydrogens (tertiary/aromatic N) is 4. The highest BCUT2D eigenvalue weighted by molar-refractivity contribution is 7.91. The van der Waals surface area contributed by atoms with Crippen molar-refractivity contribution in [3.8, 4) is 5.88 Å². The number of aromatic hydroxyl groups is 1. The van der Waals surface area contributed by atoms with Gasteiger partial charge in [-0.05, 0) is 55.5 Å². The van der Waals surface area contributed by atoms with Crippen LogP contribution in [-0.2, 0) is 16.4 Å². The summed E-state index contributed by atoms with van der Waals surface area (Å²) in [7, 11) is -3.40. The molecule has 0 saturated heterocycles. The molecule has 0 aliphatic carbocycles. The van der Waals surface area contributed by atoms with E-state index in [4.69, 9.17) is 6.57 Å². The Kier molecular flexibility index (Phi) is 10.6. The van der Waals surface area contributed by atoms with E-state index >= 15 is 0 Å². The first-order valence-electron chi connectivity index (χ1n) is 12.3. The SMILES string of the molecule is [C-]#[N+]c1c(C)c(N=Nc2ccc(S(=O)(=O)CCC(CC)CCCC)cc2)c(=O)n(CCCC)c1O. The maximum absolute atomic E-state index is 12.9. The van der Waals surface area contributed by atoms with Gasteiger partial charge in [-0.25, -0.2) is 13.3 Å². The van der Waals surface area contributed by atoms with Crippen LogP contribution >= 0.6 is 0 Å². The van der Waals surface area contributed by atoms with Crippen LogP contribution in [0.15, 0.2) is 44.2 Å². The largest absolute Gasteiger partial charge is 0.503 e. The van der Waals surface area contributed by atoms with Crippen LogP contribution in [0.1, 0.15) is 71.3 Å². The number of benzene rings is 1. The minimum atomic E-state index is -3.40. The van der Waals surface area contributed by atoms with Crippen LogP contribution in [0.2, 0.25) is 0 Å². The summed E-state index contributed by atoms with van der Waals surface area (Å²) < 4.78 is 26.7. The number of hydrogen-bond donors (Lipinski definition) is 1. The fraction of sp³-hybridized carbons (Fsp3) is 0.538. The van der Waals surface area contributed by atoms with Gasteiger partial charge < -0.3 is 5.11 Å². The lowest BCUT2D eigenvalue weighted by Crippen LogP contribution is -2.20. The summed E-state index contributed by atoms with van der Waals surface area (Å²) in [6, 6.07) is 6.10. The summed E-state index contributed by atoms with van der Waals surface area (Å²) in [6.45, 7) is 15.4. The second kappa shape index (κ2) is 13.2. The number of unbranched alkanes of at least 4 members (excludes halogenated alkanes) is 2. The van der Waals surface area contributed by atoms with Crippen LogP contribution in [0.5, 0.6) is 5.88 Å². The molecule has 0 spiro atoms. The molecule has 1 aromatic carbocycles. The van der Waals surface area contributed by atoms with Crippen molar-refractivity contribution >= 4 is 26.9 Å². The Morgan fingerprint density at radius 1 is 1.06 bits per heavy atom. The molecule has 0 radical (unpaired) electrons. The molecule has 9 heteroatoms. The first-order chi connectivity index (χ1) is 16.7. The van der Waals surface area contributed by atoms with Crippen LogP contribution in [0.25, 0.3) is 4.85 Å². The summed E-state index contributed by atoms with van der Waals surface area (Å²) in [4.78, 5) is 16.5. The lowest BCUT2D eigenvalue weighted by Gasteiger charge is -2.14. The molecule has 0 aliphatic heterocycles. The molecule has 0 bridgehead atoms. The molecule has 2 aromatic rings. The minimum Gasteiger partial charge on any atom is -0.503 e. The number of azo groups is 1. The minimum absolute atomic E-state index is 0.0145. The molecule has 8 nitrogen and oxygen atoms in total. The fourth-order valence-corrected chi connectivity index (χ4v) is 5.31. The van der Waals surface area contributed by atoms with E-state index in [1.807, 2.05) is 6.92 Å². The first-order valence-corrected chi connectivity index (χ1v) is 13.9. The first kappa shape index (κ1) is 28.2. The Labute approximate surface area is 208 Å². The molecule has 0 aliphatic rings. The summed E-state index contributed by atoms with van der Waals surface area (Å²) in [5.74, 6) is 0.164. The maximum Gasteiger partial charge on any atom is 0.279 e. The molecular weight excluding hydrogens is 464 g/mol. The number of sulfone groups is 1. The van der Waals surface area contributed by atoms with Gasteiger partial charge in [0.05, 0.1) is 22.9 Å². The fourth-order valence-electron chi connectivity index (χ4n) is 3.88. The predicted octanol–water partition coefficient (Wildman–Crippen LogP) is 7.01. The van der Waals surface area contributed by atoms with Crippen LogP contribution in [-0.4, -0.2) is 23.8 Å². The molecule has 1 N–H and O–H groups in total. The molecule has 1 unspecified atom stereocenters. The van der Waals surface area contributed by atoms with Crippen molar-refractivity contribution in [3.63, 3.8) is 0 Å². The molecule has 1 heterocycles. The molecular formula is C26H36N4O4S. The number of hydrogen-bond acceptors (Lipinski definition) is 6. The zero-order chi connectivity index (χ0) is 26.0. The van der Waals surface area contributed by atoms with Gasteiger partial charge in [-0.15, -0.1) is 5.11 Å². The summed E-state index contributed by atoms with van der Waals surface area (Å²) in [5, 5.41) is 18.5. The van der Waals surface area contributed by atoms with Gasteiger partial charge in [0, 0.05) is 6.54 Å². The Morgan fingerprint density at radius 2 is 1.71 bits per heavy atom. The smallest absolute Gasteiger partial charge is 0.279 e. The average Bonchev–Trinajstić information content (AvgIpc) is 2.84. The number of pyridine rings is 1. The Balaban J connectivity index is 2.25. The molecule has 0 amide bonds. The van der Waals surface area contributed by atoms with Gasteiger partial charge in [-0.2, -0.15) is 5.11 Å². The van der Waals surface area contributed by atoms with Gasteiger partial charge in [0.25, 0.3) is 5.56 Å². The van der Waals surface area contributed by atoms with Gasteiger partial charge in [-0.1, -0.05) is 52.9 Å². The van der Waals surface area contributed by atoms with E-state index in [2.05, 4.69) is 28.9 Å². The van der Waals surface area contributed by atoms with Crippen molar-refractivity contribution in [1.82, 2.24) is 4.57 Å². The number of rotatable bonds is 13. The third kappa shape index (κ3) is 7.25. The zero-order valence-electron chi connectivity index (χ0n) is 21.1. The third-order valence-corrected chi connectivity index (χ3v) is 8.04. The zero-order valence-corrected chi connectivity index (χ0v) is 21.9. The topological polar surface area (TPSA) is 105 Å². The van der Waals surface area contributed by atoms with Gasteiger partial charge in [0.15, 0.2) is 15.7 Å². The molecule has 1 aromatic heterocycles. The van der Waals surface area contributed by atoms with Crippen molar-refractivity contribution < 1.29 is 13.5 Å². The standard InChI is InChI=1S/C26H36N4O4S/c1-6-9-11-20(8-3)16-18-35(33,34)22-14-12-21(13-15-22)28-29-24-19(4)23(27-5)25(31)30(26(24)32)17-10-7-2/h12-15,20,31H,6-11,16-18H2,1-4H3. The van der Waals surface area contributed by atoms with E-state index in [9.17, 15) is 18.3 Å². The highest BCUT2D eigenvalue weighted by Crippen LogP contribution is 2.34. The van der Waals surface area contributed by atoms with Gasteiger partial charge in [0.1, 0.15) is 5.69 Å². The van der Waals surface area contributed by atoms with Crippen LogP contribution in [0.3, 0.4) is 0 Å². The van der Waals surface area contributed by atoms with E-state index in [1.165, 1.54) is 12.1 Å². The van der Waals surface area contributed by atoms with Crippen molar-refractivity contribution in [2.45, 2.75) is 84.1 Å². The lowest BCUT2D eigenvalue weighted by atomic mass is 9.97. The highest BCUT2D eigenvalue weighted by atomic mass is 32.2. The van der Waals surface area contributed by atoms with Crippen LogP contribution in [0, 0.1) is 19.4 Å². The summed E-state index contributed by atoms with van der Waals surface area (Å²) in [5.41, 5.74) is 0.0819. The van der Waals surface area contributed by atoms with Crippen molar-refractivity contribution in [3.05, 3.63) is 51.6 Å². The van der Waals surface area contributed by atoms with Crippen molar-refractivity contribution in [2.75, 3.05) is 5.75 Å². The van der Waals surface area contributed by atoms with E-state index in [-0.39, 0.29) is 40.0 Å². The number of aromatic nitrogens is 1. The van der Waals surface area contributed by atoms with Crippen molar-refractivity contribution in [2.24, 2.45) is 16.1 Å². The van der Waals surface area contributed by atoms with Crippen LogP contribution in [0.4, 0.5) is 17.1 Å². The quantitative estimate of drug-likeness (QED) is 0.236. The molecule has 1 atom stereocenters. The van der Waals surface area contributed by atoms with Crippen LogP contribution < -0.4 is 5.56 Å². The Hall–Kier alpha value is -2.99. The summed E-state index contributed by atoms with van der Waals surface area (Å²) >= 11 is 0. The molecule has 190 valence electrons. The second-order valence-electron chi connectivity index (χ2n) is 8.79. The Bertz CT molecular complexity index is 1230. The molecule has 35 heavy (non-hydrogen) atoms. The maximum atomic E-state index is 12.9. The highest BCUT2D eigenvalue weighted by Gasteiger charge is 2.20. The van der Waals surface area contributed by atoms with E-state index in [0.29, 0.717) is 24.4 Å². The van der Waals surface area contributed by atoms with E-state index in [0.717, 1.165) is 36.7 Å². The average molecular weight is 501 g/mol. The van der Waals surface area contributed by atoms with Gasteiger partial charge >= 0.3 is 0 Å².